The first-order chi connectivity index (χ1) is 16.1. The summed E-state index contributed by atoms with van der Waals surface area (Å²) in [5, 5.41) is 15.8. The summed E-state index contributed by atoms with van der Waals surface area (Å²) in [7, 11) is -2.82. The Kier molecular flexibility index (Phi) is 8.37. The number of nitrogens with one attached hydrogen (secondary N) is 1. The van der Waals surface area contributed by atoms with Crippen molar-refractivity contribution in [3.05, 3.63) is 90.4 Å². The van der Waals surface area contributed by atoms with Crippen molar-refractivity contribution < 1.29 is 22.8 Å². The second kappa shape index (κ2) is 11.0. The zero-order chi connectivity index (χ0) is 24.9. The lowest BCUT2D eigenvalue weighted by atomic mass is 10.2. The molecule has 3 aromatic carbocycles. The molecule has 0 spiro atoms. The Hall–Kier alpha value is -2.86. The van der Waals surface area contributed by atoms with Crippen molar-refractivity contribution in [2.45, 2.75) is 11.5 Å². The van der Waals surface area contributed by atoms with Crippen LogP contribution in [0.4, 0.5) is 5.69 Å². The predicted molar refractivity (Wildman–Crippen MR) is 132 cm³/mol. The van der Waals surface area contributed by atoms with Crippen LogP contribution in [-0.2, 0) is 16.6 Å². The molecule has 0 atom stereocenters. The minimum absolute atomic E-state index is 0.147. The Morgan fingerprint density at radius 2 is 1.91 bits per heavy atom. The topological polar surface area (TPSA) is 120 Å². The summed E-state index contributed by atoms with van der Waals surface area (Å²) in [6.07, 6.45) is 1.22. The van der Waals surface area contributed by atoms with Gasteiger partial charge in [0.2, 0.25) is 0 Å². The van der Waals surface area contributed by atoms with Crippen LogP contribution in [0.25, 0.3) is 0 Å². The van der Waals surface area contributed by atoms with Crippen LogP contribution in [0.3, 0.4) is 0 Å². The number of nitro benzene ring substituents is 1. The molecule has 0 aliphatic rings. The van der Waals surface area contributed by atoms with E-state index >= 15 is 0 Å². The van der Waals surface area contributed by atoms with Gasteiger partial charge in [-0.05, 0) is 51.8 Å². The number of para-hydroxylation sites is 1. The van der Waals surface area contributed by atoms with Gasteiger partial charge in [0.05, 0.1) is 22.7 Å². The van der Waals surface area contributed by atoms with Gasteiger partial charge in [-0.25, -0.2) is 0 Å². The normalized spacial score (nSPS) is 11.4. The number of nitro groups is 1. The molecule has 0 bridgehead atoms. The number of benzene rings is 3. The quantitative estimate of drug-likeness (QED) is 0.198. The number of hydrogen-bond acceptors (Lipinski definition) is 7. The van der Waals surface area contributed by atoms with E-state index in [0.717, 1.165) is 17.7 Å². The Morgan fingerprint density at radius 3 is 2.59 bits per heavy atom. The predicted octanol–water partition coefficient (Wildman–Crippen LogP) is 5.56. The molecule has 0 aliphatic carbocycles. The highest BCUT2D eigenvalue weighted by Gasteiger charge is 2.24. The minimum atomic E-state index is -4.27. The highest BCUT2D eigenvalue weighted by Crippen LogP contribution is 2.37. The molecule has 0 radical (unpaired) electrons. The van der Waals surface area contributed by atoms with Crippen LogP contribution in [0, 0.1) is 10.1 Å². The third-order valence-corrected chi connectivity index (χ3v) is 6.82. The zero-order valence-electron chi connectivity index (χ0n) is 17.4. The molecule has 0 fully saturated rings. The molecule has 0 amide bonds. The van der Waals surface area contributed by atoms with Crippen LogP contribution >= 0.6 is 39.1 Å². The van der Waals surface area contributed by atoms with Crippen molar-refractivity contribution in [3.63, 3.8) is 0 Å². The van der Waals surface area contributed by atoms with Gasteiger partial charge in [-0.2, -0.15) is 18.4 Å². The average molecular weight is 589 g/mol. The second-order valence-corrected chi connectivity index (χ2v) is 9.96. The van der Waals surface area contributed by atoms with Gasteiger partial charge in [0, 0.05) is 21.7 Å². The van der Waals surface area contributed by atoms with Crippen LogP contribution in [-0.4, -0.2) is 26.7 Å². The lowest BCUT2D eigenvalue weighted by molar-refractivity contribution is -0.387. The molecule has 3 aromatic rings. The van der Waals surface area contributed by atoms with Gasteiger partial charge in [-0.1, -0.05) is 41.4 Å². The van der Waals surface area contributed by atoms with Crippen molar-refractivity contribution in [1.29, 1.82) is 0 Å². The molecule has 178 valence electrons. The summed E-state index contributed by atoms with van der Waals surface area (Å²) < 4.78 is 36.7. The highest BCUT2D eigenvalue weighted by molar-refractivity contribution is 9.10. The summed E-state index contributed by atoms with van der Waals surface area (Å²) in [6, 6.07) is 13.2. The van der Waals surface area contributed by atoms with E-state index in [1.165, 1.54) is 25.5 Å². The Balaban J connectivity index is 1.78. The van der Waals surface area contributed by atoms with Gasteiger partial charge in [0.1, 0.15) is 6.61 Å². The van der Waals surface area contributed by atoms with E-state index in [9.17, 15) is 18.5 Å². The smallest absolute Gasteiger partial charge is 0.289 e. The maximum Gasteiger partial charge on any atom is 0.289 e. The van der Waals surface area contributed by atoms with Crippen LogP contribution < -0.4 is 14.3 Å². The average Bonchev–Trinajstić information content (AvgIpc) is 2.79. The summed E-state index contributed by atoms with van der Waals surface area (Å²) >= 11 is 15.5. The summed E-state index contributed by atoms with van der Waals surface area (Å²) in [6.45, 7) is 0.147. The molecular weight excluding hydrogens is 573 g/mol. The van der Waals surface area contributed by atoms with Gasteiger partial charge < -0.3 is 9.47 Å². The van der Waals surface area contributed by atoms with Gasteiger partial charge in [0.25, 0.3) is 15.7 Å². The van der Waals surface area contributed by atoms with E-state index in [1.807, 2.05) is 4.83 Å². The highest BCUT2D eigenvalue weighted by atomic mass is 79.9. The molecule has 13 heteroatoms. The molecule has 0 heterocycles. The van der Waals surface area contributed by atoms with E-state index < -0.39 is 25.5 Å². The van der Waals surface area contributed by atoms with E-state index in [1.54, 1.807) is 30.3 Å². The molecule has 34 heavy (non-hydrogen) atoms. The number of nitrogens with zero attached hydrogens (tertiary/aromatic N) is 2. The number of methoxy groups -OCH3 is 1. The summed E-state index contributed by atoms with van der Waals surface area (Å²) in [5.41, 5.74) is 0.623. The molecule has 0 aliphatic heterocycles. The monoisotopic (exact) mass is 587 g/mol. The van der Waals surface area contributed by atoms with Gasteiger partial charge in [-0.15, -0.1) is 0 Å². The number of halogens is 3. The number of sulfonamides is 1. The standard InChI is InChI=1S/C21H16BrCl2N3O6S/c1-32-19-9-13(8-16(22)21(19)33-12-14-6-7-15(23)10-17(14)24)11-25-26-34(30,31)20-5-3-2-4-18(20)27(28)29/h2-11,26H,12H2,1H3/b25-11-. The van der Waals surface area contributed by atoms with E-state index in [2.05, 4.69) is 21.0 Å². The van der Waals surface area contributed by atoms with Crippen LogP contribution in [0.1, 0.15) is 11.1 Å². The molecule has 1 N–H and O–H groups in total. The lowest BCUT2D eigenvalue weighted by Gasteiger charge is -2.14. The fraction of sp³-hybridized carbons (Fsp3) is 0.0952. The third-order valence-electron chi connectivity index (χ3n) is 4.38. The van der Waals surface area contributed by atoms with Crippen molar-refractivity contribution in [3.8, 4) is 11.5 Å². The van der Waals surface area contributed by atoms with Crippen molar-refractivity contribution in [2.75, 3.05) is 7.11 Å². The van der Waals surface area contributed by atoms with E-state index in [4.69, 9.17) is 32.7 Å². The van der Waals surface area contributed by atoms with Crippen molar-refractivity contribution in [2.24, 2.45) is 5.10 Å². The lowest BCUT2D eigenvalue weighted by Crippen LogP contribution is -2.19. The number of rotatable bonds is 9. The molecule has 3 rings (SSSR count). The fourth-order valence-electron chi connectivity index (χ4n) is 2.80. The van der Waals surface area contributed by atoms with Crippen LogP contribution in [0.2, 0.25) is 10.0 Å². The zero-order valence-corrected chi connectivity index (χ0v) is 21.3. The fourth-order valence-corrected chi connectivity index (χ4v) is 4.80. The first-order valence-corrected chi connectivity index (χ1v) is 12.4. The second-order valence-electron chi connectivity index (χ2n) is 6.64. The molecule has 0 saturated heterocycles. The van der Waals surface area contributed by atoms with E-state index in [0.29, 0.717) is 31.6 Å². The molecule has 9 nitrogen and oxygen atoms in total. The van der Waals surface area contributed by atoms with Crippen LogP contribution in [0.15, 0.2) is 69.1 Å². The Morgan fingerprint density at radius 1 is 1.18 bits per heavy atom. The Labute approximate surface area is 213 Å². The largest absolute Gasteiger partial charge is 0.493 e. The molecule has 0 aromatic heterocycles. The number of ether oxygens (including phenoxy) is 2. The first-order valence-electron chi connectivity index (χ1n) is 9.35. The summed E-state index contributed by atoms with van der Waals surface area (Å²) in [4.78, 5) is 11.8. The van der Waals surface area contributed by atoms with Gasteiger partial charge in [0.15, 0.2) is 16.4 Å². The van der Waals surface area contributed by atoms with Gasteiger partial charge in [-0.3, -0.25) is 10.1 Å². The molecule has 0 unspecified atom stereocenters. The van der Waals surface area contributed by atoms with Crippen molar-refractivity contribution in [1.82, 2.24) is 4.83 Å². The third kappa shape index (κ3) is 6.17. The maximum atomic E-state index is 12.5. The van der Waals surface area contributed by atoms with Crippen LogP contribution in [0.5, 0.6) is 11.5 Å². The number of hydrogen-bond donors (Lipinski definition) is 1. The minimum Gasteiger partial charge on any atom is -0.493 e. The van der Waals surface area contributed by atoms with Crippen molar-refractivity contribution >= 4 is 61.1 Å². The van der Waals surface area contributed by atoms with E-state index in [-0.39, 0.29) is 6.61 Å². The SMILES string of the molecule is COc1cc(/C=N\NS(=O)(=O)c2ccccc2[N+](=O)[O-])cc(Br)c1OCc1ccc(Cl)cc1Cl. The molecule has 0 saturated carbocycles. The molecular formula is C21H16BrCl2N3O6S. The summed E-state index contributed by atoms with van der Waals surface area (Å²) in [5.74, 6) is 0.744. The number of hydrazone groups is 1. The Bertz CT molecular complexity index is 1370. The first kappa shape index (κ1) is 25.8. The maximum absolute atomic E-state index is 12.5. The van der Waals surface area contributed by atoms with Gasteiger partial charge >= 0.3 is 0 Å².